The summed E-state index contributed by atoms with van der Waals surface area (Å²) in [4.78, 5) is 10.7. The summed E-state index contributed by atoms with van der Waals surface area (Å²) in [5, 5.41) is 12.2. The zero-order chi connectivity index (χ0) is 14.0. The molecule has 0 atom stereocenters. The van der Waals surface area contributed by atoms with Crippen molar-refractivity contribution in [3.63, 3.8) is 0 Å². The van der Waals surface area contributed by atoms with Crippen molar-refractivity contribution in [1.82, 2.24) is 0 Å². The number of phenols is 1. The van der Waals surface area contributed by atoms with Crippen LogP contribution in [0.15, 0.2) is 12.1 Å². The number of halogens is 1. The van der Waals surface area contributed by atoms with Crippen molar-refractivity contribution in [3.8, 4) is 5.75 Å². The number of phenolic OH excluding ortho intramolecular Hbond substituents is 1. The molecule has 1 aromatic rings. The van der Waals surface area contributed by atoms with Crippen molar-refractivity contribution in [2.45, 2.75) is 41.5 Å². The fourth-order valence-corrected chi connectivity index (χ4v) is 1.17. The molecule has 0 spiro atoms. The molecule has 0 unspecified atom stereocenters. The molecular formula is C13H22ClNO2. The molecule has 0 fully saturated rings. The van der Waals surface area contributed by atoms with Gasteiger partial charge in [0.2, 0.25) is 5.91 Å². The third-order valence-electron chi connectivity index (χ3n) is 1.67. The summed E-state index contributed by atoms with van der Waals surface area (Å²) in [6, 6.07) is 3.05. The molecule has 17 heavy (non-hydrogen) atoms. The second-order valence-corrected chi connectivity index (χ2v) is 3.13. The van der Waals surface area contributed by atoms with Gasteiger partial charge in [0.05, 0.1) is 10.7 Å². The first-order chi connectivity index (χ1) is 8.02. The van der Waals surface area contributed by atoms with E-state index in [9.17, 15) is 9.90 Å². The maximum atomic E-state index is 10.7. The minimum atomic E-state index is -0.188. The van der Waals surface area contributed by atoms with E-state index in [-0.39, 0.29) is 11.7 Å². The molecule has 1 rings (SSSR count). The Balaban J connectivity index is 0. The lowest BCUT2D eigenvalue weighted by Crippen LogP contribution is -2.06. The Bertz CT molecular complexity index is 352. The van der Waals surface area contributed by atoms with Crippen LogP contribution in [0.2, 0.25) is 5.02 Å². The van der Waals surface area contributed by atoms with Crippen LogP contribution in [0.3, 0.4) is 0 Å². The van der Waals surface area contributed by atoms with Crippen LogP contribution in [0.4, 0.5) is 5.69 Å². The van der Waals surface area contributed by atoms with Gasteiger partial charge in [0.25, 0.3) is 0 Å². The van der Waals surface area contributed by atoms with E-state index in [0.29, 0.717) is 16.3 Å². The molecule has 0 aromatic heterocycles. The summed E-state index contributed by atoms with van der Waals surface area (Å²) in [7, 11) is 0. The number of hydrogen-bond donors (Lipinski definition) is 2. The highest BCUT2D eigenvalue weighted by Crippen LogP contribution is 2.31. The Morgan fingerprint density at radius 2 is 1.71 bits per heavy atom. The van der Waals surface area contributed by atoms with E-state index in [0.717, 1.165) is 0 Å². The van der Waals surface area contributed by atoms with Crippen LogP contribution in [0.5, 0.6) is 5.75 Å². The van der Waals surface area contributed by atoms with E-state index < -0.39 is 0 Å². The molecular weight excluding hydrogens is 238 g/mol. The third kappa shape index (κ3) is 6.17. The van der Waals surface area contributed by atoms with Crippen molar-refractivity contribution in [3.05, 3.63) is 22.7 Å². The SMILES string of the molecule is CC.CC.CC(=O)Nc1ccc(O)c(C)c1Cl. The first kappa shape index (κ1) is 18.2. The van der Waals surface area contributed by atoms with Gasteiger partial charge < -0.3 is 10.4 Å². The van der Waals surface area contributed by atoms with Gasteiger partial charge in [-0.05, 0) is 19.1 Å². The van der Waals surface area contributed by atoms with Crippen LogP contribution in [0.25, 0.3) is 0 Å². The van der Waals surface area contributed by atoms with E-state index in [1.165, 1.54) is 13.0 Å². The summed E-state index contributed by atoms with van der Waals surface area (Å²) in [5.41, 5.74) is 1.08. The lowest BCUT2D eigenvalue weighted by molar-refractivity contribution is -0.114. The Morgan fingerprint density at radius 1 is 1.24 bits per heavy atom. The average molecular weight is 260 g/mol. The number of carbonyl (C=O) groups excluding carboxylic acids is 1. The number of benzene rings is 1. The van der Waals surface area contributed by atoms with Gasteiger partial charge in [-0.15, -0.1) is 0 Å². The van der Waals surface area contributed by atoms with Gasteiger partial charge in [0.1, 0.15) is 5.75 Å². The second kappa shape index (κ2) is 9.97. The van der Waals surface area contributed by atoms with Crippen molar-refractivity contribution >= 4 is 23.2 Å². The summed E-state index contributed by atoms with van der Waals surface area (Å²) in [5.74, 6) is -0.0638. The molecule has 0 radical (unpaired) electrons. The van der Waals surface area contributed by atoms with E-state index in [1.807, 2.05) is 27.7 Å². The van der Waals surface area contributed by atoms with Gasteiger partial charge in [0.15, 0.2) is 0 Å². The highest BCUT2D eigenvalue weighted by molar-refractivity contribution is 6.34. The van der Waals surface area contributed by atoms with Gasteiger partial charge in [-0.25, -0.2) is 0 Å². The zero-order valence-electron chi connectivity index (χ0n) is 11.4. The Kier molecular flexibility index (Phi) is 10.6. The number of aromatic hydroxyl groups is 1. The number of hydrogen-bond acceptors (Lipinski definition) is 2. The highest BCUT2D eigenvalue weighted by atomic mass is 35.5. The normalized spacial score (nSPS) is 8.18. The first-order valence-electron chi connectivity index (χ1n) is 5.78. The predicted molar refractivity (Wildman–Crippen MR) is 74.9 cm³/mol. The summed E-state index contributed by atoms with van der Waals surface area (Å²) < 4.78 is 0. The Morgan fingerprint density at radius 3 is 2.12 bits per heavy atom. The van der Waals surface area contributed by atoms with Gasteiger partial charge in [0, 0.05) is 12.5 Å². The molecule has 98 valence electrons. The molecule has 2 N–H and O–H groups in total. The first-order valence-corrected chi connectivity index (χ1v) is 6.16. The van der Waals surface area contributed by atoms with Gasteiger partial charge >= 0.3 is 0 Å². The largest absolute Gasteiger partial charge is 0.508 e. The third-order valence-corrected chi connectivity index (χ3v) is 2.16. The lowest BCUT2D eigenvalue weighted by Gasteiger charge is -2.08. The van der Waals surface area contributed by atoms with Crippen LogP contribution in [-0.2, 0) is 4.79 Å². The maximum Gasteiger partial charge on any atom is 0.221 e. The average Bonchev–Trinajstić information content (AvgIpc) is 2.35. The lowest BCUT2D eigenvalue weighted by atomic mass is 10.2. The monoisotopic (exact) mass is 259 g/mol. The van der Waals surface area contributed by atoms with Crippen LogP contribution in [0.1, 0.15) is 40.2 Å². The molecule has 1 amide bonds. The molecule has 0 aliphatic carbocycles. The molecule has 0 aliphatic heterocycles. The number of amides is 1. The predicted octanol–water partition coefficient (Wildman–Crippen LogP) is 4.36. The van der Waals surface area contributed by atoms with Crippen molar-refractivity contribution < 1.29 is 9.90 Å². The highest BCUT2D eigenvalue weighted by Gasteiger charge is 2.07. The van der Waals surface area contributed by atoms with E-state index in [1.54, 1.807) is 13.0 Å². The van der Waals surface area contributed by atoms with Gasteiger partial charge in [-0.3, -0.25) is 4.79 Å². The van der Waals surface area contributed by atoms with Crippen molar-refractivity contribution in [2.24, 2.45) is 0 Å². The van der Waals surface area contributed by atoms with Crippen LogP contribution >= 0.6 is 11.6 Å². The maximum absolute atomic E-state index is 10.7. The standard InChI is InChI=1S/C9H10ClNO2.2C2H6/c1-5-8(13)4-3-7(9(5)10)11-6(2)12;2*1-2/h3-4,13H,1-2H3,(H,11,12);2*1-2H3. The number of rotatable bonds is 1. The zero-order valence-corrected chi connectivity index (χ0v) is 12.1. The molecule has 0 saturated heterocycles. The molecule has 3 nitrogen and oxygen atoms in total. The van der Waals surface area contributed by atoms with Gasteiger partial charge in [-0.2, -0.15) is 0 Å². The smallest absolute Gasteiger partial charge is 0.221 e. The molecule has 0 bridgehead atoms. The van der Waals surface area contributed by atoms with E-state index >= 15 is 0 Å². The van der Waals surface area contributed by atoms with E-state index in [4.69, 9.17) is 11.6 Å². The number of nitrogens with one attached hydrogen (secondary N) is 1. The van der Waals surface area contributed by atoms with Crippen molar-refractivity contribution in [2.75, 3.05) is 5.32 Å². The Hall–Kier alpha value is -1.22. The second-order valence-electron chi connectivity index (χ2n) is 2.75. The van der Waals surface area contributed by atoms with Crippen LogP contribution < -0.4 is 5.32 Å². The molecule has 4 heteroatoms. The number of anilines is 1. The van der Waals surface area contributed by atoms with Crippen molar-refractivity contribution in [1.29, 1.82) is 0 Å². The molecule has 0 heterocycles. The summed E-state index contributed by atoms with van der Waals surface area (Å²) in [6.45, 7) is 11.1. The van der Waals surface area contributed by atoms with Crippen LogP contribution in [-0.4, -0.2) is 11.0 Å². The van der Waals surface area contributed by atoms with E-state index in [2.05, 4.69) is 5.32 Å². The molecule has 0 saturated carbocycles. The quantitative estimate of drug-likeness (QED) is 0.736. The fourth-order valence-electron chi connectivity index (χ4n) is 0.961. The summed E-state index contributed by atoms with van der Waals surface area (Å²) >= 11 is 5.87. The minimum absolute atomic E-state index is 0.124. The molecule has 0 aliphatic rings. The minimum Gasteiger partial charge on any atom is -0.508 e. The fraction of sp³-hybridized carbons (Fsp3) is 0.462. The van der Waals surface area contributed by atoms with Crippen LogP contribution in [0, 0.1) is 6.92 Å². The molecule has 1 aromatic carbocycles. The topological polar surface area (TPSA) is 49.3 Å². The number of carbonyl (C=O) groups is 1. The van der Waals surface area contributed by atoms with Gasteiger partial charge in [-0.1, -0.05) is 39.3 Å². The Labute approximate surface area is 109 Å². The summed E-state index contributed by atoms with van der Waals surface area (Å²) in [6.07, 6.45) is 0.